The van der Waals surface area contributed by atoms with Crippen LogP contribution in [0.3, 0.4) is 0 Å². The lowest BCUT2D eigenvalue weighted by Gasteiger charge is -2.36. The maximum atomic E-state index is 11.7. The zero-order valence-electron chi connectivity index (χ0n) is 13.1. The minimum Gasteiger partial charge on any atom is -0.469 e. The quantitative estimate of drug-likeness (QED) is 0.842. The average molecular weight is 304 g/mol. The van der Waals surface area contributed by atoms with Crippen molar-refractivity contribution in [3.05, 3.63) is 29.6 Å². The predicted octanol–water partition coefficient (Wildman–Crippen LogP) is 1.91. The molecule has 2 heterocycles. The SMILES string of the molecule is COC(=O)C1CCN(C(c2cccc(CO)n2)C2CC2)CC1. The molecule has 0 amide bonds. The number of aliphatic hydroxyl groups excluding tert-OH is 1. The number of hydrogen-bond acceptors (Lipinski definition) is 5. The molecule has 0 spiro atoms. The van der Waals surface area contributed by atoms with Gasteiger partial charge in [0.05, 0.1) is 37.1 Å². The summed E-state index contributed by atoms with van der Waals surface area (Å²) in [7, 11) is 1.46. The first-order valence-corrected chi connectivity index (χ1v) is 8.11. The van der Waals surface area contributed by atoms with Gasteiger partial charge in [0.15, 0.2) is 0 Å². The Morgan fingerprint density at radius 1 is 1.36 bits per heavy atom. The smallest absolute Gasteiger partial charge is 0.308 e. The van der Waals surface area contributed by atoms with Crippen LogP contribution < -0.4 is 0 Å². The molecule has 1 unspecified atom stereocenters. The van der Waals surface area contributed by atoms with Crippen LogP contribution in [-0.2, 0) is 16.1 Å². The molecule has 1 atom stereocenters. The molecule has 1 saturated carbocycles. The Balaban J connectivity index is 1.71. The minimum absolute atomic E-state index is 0.0182. The van der Waals surface area contributed by atoms with E-state index in [-0.39, 0.29) is 18.5 Å². The first-order chi connectivity index (χ1) is 10.7. The van der Waals surface area contributed by atoms with Crippen molar-refractivity contribution >= 4 is 5.97 Å². The summed E-state index contributed by atoms with van der Waals surface area (Å²) in [5.74, 6) is 0.622. The molecule has 1 aromatic rings. The second kappa shape index (κ2) is 6.75. The first-order valence-electron chi connectivity index (χ1n) is 8.11. The van der Waals surface area contributed by atoms with Gasteiger partial charge < -0.3 is 9.84 Å². The number of carbonyl (C=O) groups excluding carboxylic acids is 1. The fraction of sp³-hybridized carbons (Fsp3) is 0.647. The fourth-order valence-corrected chi connectivity index (χ4v) is 3.47. The van der Waals surface area contributed by atoms with E-state index < -0.39 is 0 Å². The van der Waals surface area contributed by atoms with Crippen LogP contribution in [0.25, 0.3) is 0 Å². The van der Waals surface area contributed by atoms with Gasteiger partial charge >= 0.3 is 5.97 Å². The Hall–Kier alpha value is -1.46. The monoisotopic (exact) mass is 304 g/mol. The number of rotatable bonds is 5. The minimum atomic E-state index is -0.0805. The van der Waals surface area contributed by atoms with Gasteiger partial charge in [-0.25, -0.2) is 0 Å². The van der Waals surface area contributed by atoms with Crippen LogP contribution in [0.1, 0.15) is 43.1 Å². The van der Waals surface area contributed by atoms with Crippen LogP contribution in [0.5, 0.6) is 0 Å². The second-order valence-corrected chi connectivity index (χ2v) is 6.33. The molecule has 22 heavy (non-hydrogen) atoms. The number of carbonyl (C=O) groups is 1. The van der Waals surface area contributed by atoms with Crippen molar-refractivity contribution in [2.45, 2.75) is 38.3 Å². The van der Waals surface area contributed by atoms with Crippen LogP contribution >= 0.6 is 0 Å². The summed E-state index contributed by atoms with van der Waals surface area (Å²) in [6, 6.07) is 6.22. The van der Waals surface area contributed by atoms with Crippen LogP contribution in [-0.4, -0.2) is 41.2 Å². The molecule has 1 aromatic heterocycles. The topological polar surface area (TPSA) is 62.7 Å². The molecular formula is C17H24N2O3. The van der Waals surface area contributed by atoms with Crippen molar-refractivity contribution in [3.63, 3.8) is 0 Å². The second-order valence-electron chi connectivity index (χ2n) is 6.33. The third-order valence-corrected chi connectivity index (χ3v) is 4.82. The van der Waals surface area contributed by atoms with Gasteiger partial charge in [-0.3, -0.25) is 14.7 Å². The van der Waals surface area contributed by atoms with Crippen LogP contribution in [0.4, 0.5) is 0 Å². The highest BCUT2D eigenvalue weighted by molar-refractivity contribution is 5.72. The average Bonchev–Trinajstić information content (AvgIpc) is 3.40. The summed E-state index contributed by atoms with van der Waals surface area (Å²) in [4.78, 5) is 18.7. The molecule has 2 aliphatic rings. The fourth-order valence-electron chi connectivity index (χ4n) is 3.47. The van der Waals surface area contributed by atoms with Crippen molar-refractivity contribution < 1.29 is 14.6 Å². The summed E-state index contributed by atoms with van der Waals surface area (Å²) in [5, 5.41) is 9.30. The largest absolute Gasteiger partial charge is 0.469 e. The van der Waals surface area contributed by atoms with E-state index in [1.165, 1.54) is 20.0 Å². The van der Waals surface area contributed by atoms with Gasteiger partial charge in [0, 0.05) is 0 Å². The van der Waals surface area contributed by atoms with Crippen LogP contribution in [0.2, 0.25) is 0 Å². The van der Waals surface area contributed by atoms with Gasteiger partial charge in [0.2, 0.25) is 0 Å². The normalized spacial score (nSPS) is 21.5. The number of ether oxygens (including phenoxy) is 1. The highest BCUT2D eigenvalue weighted by Crippen LogP contribution is 2.45. The van der Waals surface area contributed by atoms with E-state index in [4.69, 9.17) is 4.74 Å². The molecular weight excluding hydrogens is 280 g/mol. The zero-order chi connectivity index (χ0) is 15.5. The predicted molar refractivity (Wildman–Crippen MR) is 81.9 cm³/mol. The van der Waals surface area contributed by atoms with Crippen molar-refractivity contribution in [2.24, 2.45) is 11.8 Å². The number of likely N-dealkylation sites (tertiary alicyclic amines) is 1. The molecule has 5 nitrogen and oxygen atoms in total. The van der Waals surface area contributed by atoms with E-state index >= 15 is 0 Å². The number of pyridine rings is 1. The maximum Gasteiger partial charge on any atom is 0.308 e. The standard InChI is InChI=1S/C17H24N2O3/c1-22-17(21)13-7-9-19(10-8-13)16(12-5-6-12)15-4-2-3-14(11-20)18-15/h2-4,12-13,16,20H,5-11H2,1H3. The lowest BCUT2D eigenvalue weighted by Crippen LogP contribution is -2.40. The van der Waals surface area contributed by atoms with Crippen molar-refractivity contribution in [3.8, 4) is 0 Å². The summed E-state index contributed by atoms with van der Waals surface area (Å²) < 4.78 is 4.86. The maximum absolute atomic E-state index is 11.7. The first kappa shape index (κ1) is 15.4. The molecule has 1 N–H and O–H groups in total. The Morgan fingerprint density at radius 3 is 2.68 bits per heavy atom. The van der Waals surface area contributed by atoms with Gasteiger partial charge in [-0.05, 0) is 56.8 Å². The Kier molecular flexibility index (Phi) is 4.74. The van der Waals surface area contributed by atoms with Crippen molar-refractivity contribution in [1.82, 2.24) is 9.88 Å². The molecule has 3 rings (SSSR count). The highest BCUT2D eigenvalue weighted by atomic mass is 16.5. The molecule has 0 bridgehead atoms. The van der Waals surface area contributed by atoms with Crippen molar-refractivity contribution in [1.29, 1.82) is 0 Å². The molecule has 1 aliphatic heterocycles. The van der Waals surface area contributed by atoms with Gasteiger partial charge in [-0.1, -0.05) is 6.07 Å². The lowest BCUT2D eigenvalue weighted by atomic mass is 9.94. The molecule has 2 fully saturated rings. The zero-order valence-corrected chi connectivity index (χ0v) is 13.1. The van der Waals surface area contributed by atoms with Gasteiger partial charge in [-0.2, -0.15) is 0 Å². The molecule has 1 saturated heterocycles. The van der Waals surface area contributed by atoms with Crippen LogP contribution in [0, 0.1) is 11.8 Å². The van der Waals surface area contributed by atoms with E-state index in [2.05, 4.69) is 16.0 Å². The Morgan fingerprint density at radius 2 is 2.09 bits per heavy atom. The third kappa shape index (κ3) is 3.31. The lowest BCUT2D eigenvalue weighted by molar-refractivity contribution is -0.147. The molecule has 120 valence electrons. The molecule has 1 aliphatic carbocycles. The van der Waals surface area contributed by atoms with Crippen molar-refractivity contribution in [2.75, 3.05) is 20.2 Å². The van der Waals surface area contributed by atoms with E-state index in [0.29, 0.717) is 12.0 Å². The van der Waals surface area contributed by atoms with E-state index in [1.807, 2.05) is 12.1 Å². The number of hydrogen-bond donors (Lipinski definition) is 1. The summed E-state index contributed by atoms with van der Waals surface area (Å²) in [5.41, 5.74) is 1.79. The van der Waals surface area contributed by atoms with Crippen LogP contribution in [0.15, 0.2) is 18.2 Å². The number of methoxy groups -OCH3 is 1. The van der Waals surface area contributed by atoms with Gasteiger partial charge in [0.1, 0.15) is 0 Å². The Labute approximate surface area is 131 Å². The molecule has 0 radical (unpaired) electrons. The van der Waals surface area contributed by atoms with Gasteiger partial charge in [-0.15, -0.1) is 0 Å². The molecule has 5 heteroatoms. The van der Waals surface area contributed by atoms with E-state index in [9.17, 15) is 9.90 Å². The summed E-state index contributed by atoms with van der Waals surface area (Å²) in [6.45, 7) is 1.80. The summed E-state index contributed by atoms with van der Waals surface area (Å²) in [6.07, 6.45) is 4.20. The summed E-state index contributed by atoms with van der Waals surface area (Å²) >= 11 is 0. The van der Waals surface area contributed by atoms with E-state index in [0.717, 1.165) is 37.3 Å². The number of piperidine rings is 1. The number of aliphatic hydroxyl groups is 1. The Bertz CT molecular complexity index is 522. The van der Waals surface area contributed by atoms with E-state index in [1.54, 1.807) is 0 Å². The molecule has 0 aromatic carbocycles. The number of aromatic nitrogens is 1. The highest BCUT2D eigenvalue weighted by Gasteiger charge is 2.39. The third-order valence-electron chi connectivity index (χ3n) is 4.82. The number of nitrogens with zero attached hydrogens (tertiary/aromatic N) is 2. The van der Waals surface area contributed by atoms with Gasteiger partial charge in [0.25, 0.3) is 0 Å². The number of esters is 1.